The number of rotatable bonds is 3. The number of carbonyl (C=O) groups excluding carboxylic acids is 1. The van der Waals surface area contributed by atoms with Crippen molar-refractivity contribution in [3.8, 4) is 0 Å². The summed E-state index contributed by atoms with van der Waals surface area (Å²) >= 11 is 0. The zero-order valence-corrected chi connectivity index (χ0v) is 7.61. The lowest BCUT2D eigenvalue weighted by Gasteiger charge is -2.01. The van der Waals surface area contributed by atoms with Gasteiger partial charge in [0.15, 0.2) is 0 Å². The predicted octanol–water partition coefficient (Wildman–Crippen LogP) is -0.385. The first-order chi connectivity index (χ1) is 6.66. The van der Waals surface area contributed by atoms with Gasteiger partial charge in [-0.15, -0.1) is 0 Å². The average Bonchev–Trinajstić information content (AvgIpc) is 2.57. The number of nitro groups is 1. The molecule has 0 unspecified atom stereocenters. The van der Waals surface area contributed by atoms with E-state index in [0.717, 1.165) is 0 Å². The van der Waals surface area contributed by atoms with Gasteiger partial charge in [0.05, 0.1) is 18.1 Å². The van der Waals surface area contributed by atoms with Crippen molar-refractivity contribution >= 4 is 5.97 Å². The van der Waals surface area contributed by atoms with Gasteiger partial charge in [0.1, 0.15) is 6.61 Å². The molecule has 0 aromatic rings. The molecular formula is C7H10N2O5. The molecule has 1 saturated heterocycles. The van der Waals surface area contributed by atoms with Crippen LogP contribution in [0.3, 0.4) is 0 Å². The van der Waals surface area contributed by atoms with Gasteiger partial charge in [-0.2, -0.15) is 0 Å². The highest BCUT2D eigenvalue weighted by Gasteiger charge is 2.32. The van der Waals surface area contributed by atoms with E-state index in [1.165, 1.54) is 0 Å². The molecule has 0 aliphatic carbocycles. The lowest BCUT2D eigenvalue weighted by molar-refractivity contribution is -0.424. The average molecular weight is 202 g/mol. The summed E-state index contributed by atoms with van der Waals surface area (Å²) in [6.45, 7) is 2.42. The smallest absolute Gasteiger partial charge is 0.415 e. The van der Waals surface area contributed by atoms with Gasteiger partial charge < -0.3 is 14.8 Å². The molecule has 0 atom stereocenters. The Morgan fingerprint density at radius 3 is 2.93 bits per heavy atom. The van der Waals surface area contributed by atoms with Gasteiger partial charge in [-0.3, -0.25) is 10.1 Å². The topological polar surface area (TPSA) is 90.7 Å². The van der Waals surface area contributed by atoms with Gasteiger partial charge in [0, 0.05) is 0 Å². The summed E-state index contributed by atoms with van der Waals surface area (Å²) in [4.78, 5) is 20.8. The van der Waals surface area contributed by atoms with E-state index in [1.54, 1.807) is 6.92 Å². The lowest BCUT2D eigenvalue weighted by atomic mass is 10.4. The van der Waals surface area contributed by atoms with Gasteiger partial charge in [-0.1, -0.05) is 0 Å². The molecule has 0 bridgehead atoms. The minimum absolute atomic E-state index is 0.0868. The van der Waals surface area contributed by atoms with Gasteiger partial charge >= 0.3 is 11.7 Å². The molecule has 0 saturated carbocycles. The van der Waals surface area contributed by atoms with Crippen molar-refractivity contribution < 1.29 is 19.2 Å². The van der Waals surface area contributed by atoms with E-state index >= 15 is 0 Å². The number of carbonyl (C=O) groups is 1. The molecule has 0 aromatic carbocycles. The van der Waals surface area contributed by atoms with Crippen LogP contribution in [0.1, 0.15) is 6.92 Å². The molecule has 1 aliphatic heterocycles. The normalized spacial score (nSPS) is 18.1. The lowest BCUT2D eigenvalue weighted by Crippen LogP contribution is -2.21. The highest BCUT2D eigenvalue weighted by Crippen LogP contribution is 2.10. The maximum Gasteiger partial charge on any atom is 0.415 e. The zero-order chi connectivity index (χ0) is 10.6. The highest BCUT2D eigenvalue weighted by atomic mass is 16.6. The van der Waals surface area contributed by atoms with Crippen LogP contribution in [-0.4, -0.2) is 30.7 Å². The fourth-order valence-corrected chi connectivity index (χ4v) is 0.970. The third-order valence-electron chi connectivity index (χ3n) is 1.50. The summed E-state index contributed by atoms with van der Waals surface area (Å²) < 4.78 is 9.39. The standard InChI is InChI=1S/C7H10N2O5/c1-2-13-7(10)5(9(11)12)6-8-3-4-14-6/h8H,2-4H2,1H3/b6-5+. The first-order valence-corrected chi connectivity index (χ1v) is 4.09. The van der Waals surface area contributed by atoms with Crippen molar-refractivity contribution in [1.29, 1.82) is 0 Å². The Labute approximate surface area is 79.8 Å². The Bertz CT molecular complexity index is 278. The third kappa shape index (κ3) is 2.12. The van der Waals surface area contributed by atoms with Crippen molar-refractivity contribution in [3.63, 3.8) is 0 Å². The Kier molecular flexibility index (Phi) is 3.27. The second kappa shape index (κ2) is 4.45. The first-order valence-electron chi connectivity index (χ1n) is 4.09. The first kappa shape index (κ1) is 10.3. The molecule has 1 aliphatic rings. The van der Waals surface area contributed by atoms with Crippen LogP contribution in [0.5, 0.6) is 0 Å². The van der Waals surface area contributed by atoms with Crippen LogP contribution < -0.4 is 5.32 Å². The van der Waals surface area contributed by atoms with Crippen LogP contribution in [0.4, 0.5) is 0 Å². The minimum Gasteiger partial charge on any atom is -0.472 e. The molecule has 1 rings (SSSR count). The number of ether oxygens (including phenoxy) is 2. The molecule has 0 amide bonds. The quantitative estimate of drug-likeness (QED) is 0.290. The second-order valence-corrected chi connectivity index (χ2v) is 2.43. The summed E-state index contributed by atoms with van der Waals surface area (Å²) in [5.74, 6) is -1.10. The maximum absolute atomic E-state index is 11.1. The van der Waals surface area contributed by atoms with E-state index in [9.17, 15) is 14.9 Å². The Morgan fingerprint density at radius 2 is 2.50 bits per heavy atom. The minimum atomic E-state index is -0.984. The van der Waals surface area contributed by atoms with Crippen LogP contribution >= 0.6 is 0 Å². The summed E-state index contributed by atoms with van der Waals surface area (Å²) in [6, 6.07) is 0. The van der Waals surface area contributed by atoms with Crippen molar-refractivity contribution in [2.75, 3.05) is 19.8 Å². The van der Waals surface area contributed by atoms with Crippen molar-refractivity contribution in [1.82, 2.24) is 5.32 Å². The highest BCUT2D eigenvalue weighted by molar-refractivity contribution is 5.86. The molecule has 7 nitrogen and oxygen atoms in total. The van der Waals surface area contributed by atoms with Crippen LogP contribution in [0, 0.1) is 10.1 Å². The van der Waals surface area contributed by atoms with E-state index in [2.05, 4.69) is 10.1 Å². The number of nitrogens with one attached hydrogen (secondary N) is 1. The molecular weight excluding hydrogens is 192 g/mol. The van der Waals surface area contributed by atoms with E-state index in [-0.39, 0.29) is 12.5 Å². The fourth-order valence-electron chi connectivity index (χ4n) is 0.970. The zero-order valence-electron chi connectivity index (χ0n) is 7.61. The molecule has 1 heterocycles. The Hall–Kier alpha value is -1.79. The van der Waals surface area contributed by atoms with Gasteiger partial charge in [0.25, 0.3) is 5.88 Å². The molecule has 0 radical (unpaired) electrons. The summed E-state index contributed by atoms with van der Waals surface area (Å²) in [5.41, 5.74) is -0.677. The summed E-state index contributed by atoms with van der Waals surface area (Å²) in [5, 5.41) is 13.1. The maximum atomic E-state index is 11.1. The number of nitrogens with zero attached hydrogens (tertiary/aromatic N) is 1. The van der Waals surface area contributed by atoms with Gasteiger partial charge in [-0.05, 0) is 6.92 Å². The molecule has 0 spiro atoms. The van der Waals surface area contributed by atoms with Crippen LogP contribution in [-0.2, 0) is 14.3 Å². The molecule has 78 valence electrons. The second-order valence-electron chi connectivity index (χ2n) is 2.43. The van der Waals surface area contributed by atoms with Crippen molar-refractivity contribution in [2.24, 2.45) is 0 Å². The van der Waals surface area contributed by atoms with E-state index < -0.39 is 16.6 Å². The SMILES string of the molecule is CCOC(=O)/C(=C1/NCCO1)[N+](=O)[O-]. The largest absolute Gasteiger partial charge is 0.472 e. The van der Waals surface area contributed by atoms with E-state index in [0.29, 0.717) is 13.2 Å². The predicted molar refractivity (Wildman–Crippen MR) is 44.6 cm³/mol. The summed E-state index contributed by atoms with van der Waals surface area (Å²) in [7, 11) is 0. The van der Waals surface area contributed by atoms with E-state index in [1.807, 2.05) is 0 Å². The number of hydrogen-bond donors (Lipinski definition) is 1. The Balaban J connectivity index is 2.88. The number of esters is 1. The van der Waals surface area contributed by atoms with Gasteiger partial charge in [-0.25, -0.2) is 4.79 Å². The van der Waals surface area contributed by atoms with E-state index in [4.69, 9.17) is 4.74 Å². The third-order valence-corrected chi connectivity index (χ3v) is 1.50. The fraction of sp³-hybridized carbons (Fsp3) is 0.571. The summed E-state index contributed by atoms with van der Waals surface area (Å²) in [6.07, 6.45) is 0. The monoisotopic (exact) mass is 202 g/mol. The molecule has 0 aromatic heterocycles. The number of hydrogen-bond acceptors (Lipinski definition) is 6. The molecule has 7 heteroatoms. The van der Waals surface area contributed by atoms with Gasteiger partial charge in [0.2, 0.25) is 0 Å². The van der Waals surface area contributed by atoms with Crippen molar-refractivity contribution in [3.05, 3.63) is 21.7 Å². The van der Waals surface area contributed by atoms with Crippen LogP contribution in [0.15, 0.2) is 11.6 Å². The molecule has 14 heavy (non-hydrogen) atoms. The molecule has 1 fully saturated rings. The van der Waals surface area contributed by atoms with Crippen LogP contribution in [0.2, 0.25) is 0 Å². The van der Waals surface area contributed by atoms with Crippen LogP contribution in [0.25, 0.3) is 0 Å². The van der Waals surface area contributed by atoms with Crippen molar-refractivity contribution in [2.45, 2.75) is 6.92 Å². The molecule has 1 N–H and O–H groups in total. The Morgan fingerprint density at radius 1 is 1.79 bits per heavy atom.